The van der Waals surface area contributed by atoms with E-state index >= 15 is 0 Å². The summed E-state index contributed by atoms with van der Waals surface area (Å²) in [6.07, 6.45) is 0.464. The Morgan fingerprint density at radius 3 is 2.47 bits per heavy atom. The molecule has 1 amide bonds. The van der Waals surface area contributed by atoms with Gasteiger partial charge in [0.25, 0.3) is 0 Å². The third-order valence-electron chi connectivity index (χ3n) is 3.21. The van der Waals surface area contributed by atoms with E-state index in [1.807, 2.05) is 30.3 Å². The SMILES string of the molecule is O=CNc1cc2c(ccc3ccccc32)c(O)c1O. The van der Waals surface area contributed by atoms with Crippen molar-refractivity contribution >= 4 is 33.6 Å². The van der Waals surface area contributed by atoms with Gasteiger partial charge in [-0.1, -0.05) is 30.3 Å². The van der Waals surface area contributed by atoms with Gasteiger partial charge in [-0.05, 0) is 28.3 Å². The Morgan fingerprint density at radius 1 is 0.895 bits per heavy atom. The van der Waals surface area contributed by atoms with Gasteiger partial charge in [0, 0.05) is 5.39 Å². The second-order valence-electron chi connectivity index (χ2n) is 4.27. The molecule has 0 aliphatic heterocycles. The zero-order chi connectivity index (χ0) is 13.4. The summed E-state index contributed by atoms with van der Waals surface area (Å²) in [6, 6.07) is 13.0. The minimum Gasteiger partial charge on any atom is -0.504 e. The van der Waals surface area contributed by atoms with Crippen LogP contribution >= 0.6 is 0 Å². The van der Waals surface area contributed by atoms with Gasteiger partial charge in [0.05, 0.1) is 5.69 Å². The topological polar surface area (TPSA) is 69.6 Å². The second kappa shape index (κ2) is 4.17. The lowest BCUT2D eigenvalue weighted by molar-refractivity contribution is -0.105. The molecule has 0 unspecified atom stereocenters. The highest BCUT2D eigenvalue weighted by Crippen LogP contribution is 2.42. The average molecular weight is 253 g/mol. The number of aromatic hydroxyl groups is 2. The van der Waals surface area contributed by atoms with E-state index in [1.165, 1.54) is 0 Å². The minimum absolute atomic E-state index is 0.191. The van der Waals surface area contributed by atoms with Crippen LogP contribution < -0.4 is 5.32 Å². The van der Waals surface area contributed by atoms with Gasteiger partial charge in [0.2, 0.25) is 6.41 Å². The predicted octanol–water partition coefficient (Wildman–Crippen LogP) is 2.97. The summed E-state index contributed by atoms with van der Waals surface area (Å²) < 4.78 is 0. The normalized spacial score (nSPS) is 10.7. The molecule has 3 aromatic carbocycles. The molecule has 3 aromatic rings. The first-order valence-electron chi connectivity index (χ1n) is 5.79. The van der Waals surface area contributed by atoms with Crippen LogP contribution in [0.1, 0.15) is 0 Å². The molecule has 94 valence electrons. The van der Waals surface area contributed by atoms with E-state index in [-0.39, 0.29) is 17.2 Å². The van der Waals surface area contributed by atoms with E-state index in [1.54, 1.807) is 12.1 Å². The molecule has 3 N–H and O–H groups in total. The molecule has 4 heteroatoms. The highest BCUT2D eigenvalue weighted by molar-refractivity contribution is 6.12. The molecular formula is C15H11NO3. The molecule has 0 aliphatic carbocycles. The molecule has 4 nitrogen and oxygen atoms in total. The highest BCUT2D eigenvalue weighted by Gasteiger charge is 2.13. The lowest BCUT2D eigenvalue weighted by Gasteiger charge is -2.10. The molecule has 0 heterocycles. The number of rotatable bonds is 2. The van der Waals surface area contributed by atoms with Crippen molar-refractivity contribution in [3.63, 3.8) is 0 Å². The number of amides is 1. The highest BCUT2D eigenvalue weighted by atomic mass is 16.3. The van der Waals surface area contributed by atoms with Gasteiger partial charge in [-0.3, -0.25) is 4.79 Å². The van der Waals surface area contributed by atoms with Crippen LogP contribution in [0.5, 0.6) is 11.5 Å². The maximum atomic E-state index is 10.5. The number of anilines is 1. The lowest BCUT2D eigenvalue weighted by Crippen LogP contribution is -1.94. The minimum atomic E-state index is -0.324. The largest absolute Gasteiger partial charge is 0.504 e. The van der Waals surface area contributed by atoms with Crippen LogP contribution in [0.2, 0.25) is 0 Å². The zero-order valence-corrected chi connectivity index (χ0v) is 9.92. The van der Waals surface area contributed by atoms with Crippen LogP contribution in [0.3, 0.4) is 0 Å². The Hall–Kier alpha value is -2.75. The van der Waals surface area contributed by atoms with Gasteiger partial charge in [0.1, 0.15) is 0 Å². The Kier molecular flexibility index (Phi) is 2.49. The van der Waals surface area contributed by atoms with Gasteiger partial charge in [-0.15, -0.1) is 0 Å². The summed E-state index contributed by atoms with van der Waals surface area (Å²) in [4.78, 5) is 10.5. The molecule has 0 saturated carbocycles. The van der Waals surface area contributed by atoms with Crippen molar-refractivity contribution in [1.82, 2.24) is 0 Å². The van der Waals surface area contributed by atoms with Gasteiger partial charge < -0.3 is 15.5 Å². The van der Waals surface area contributed by atoms with Crippen molar-refractivity contribution in [3.8, 4) is 11.5 Å². The fourth-order valence-electron chi connectivity index (χ4n) is 2.30. The Balaban J connectivity index is 2.48. The first-order valence-corrected chi connectivity index (χ1v) is 5.79. The van der Waals surface area contributed by atoms with Crippen LogP contribution in [-0.4, -0.2) is 16.6 Å². The van der Waals surface area contributed by atoms with Crippen LogP contribution in [-0.2, 0) is 4.79 Å². The number of phenols is 2. The van der Waals surface area contributed by atoms with E-state index in [9.17, 15) is 15.0 Å². The summed E-state index contributed by atoms with van der Waals surface area (Å²) in [7, 11) is 0. The smallest absolute Gasteiger partial charge is 0.211 e. The molecule has 19 heavy (non-hydrogen) atoms. The first kappa shape index (κ1) is 11.3. The molecule has 0 saturated heterocycles. The maximum absolute atomic E-state index is 10.5. The fraction of sp³-hybridized carbons (Fsp3) is 0. The van der Waals surface area contributed by atoms with Gasteiger partial charge in [0.15, 0.2) is 11.5 Å². The van der Waals surface area contributed by atoms with E-state index in [4.69, 9.17) is 0 Å². The summed E-state index contributed by atoms with van der Waals surface area (Å²) in [6.45, 7) is 0. The van der Waals surface area contributed by atoms with Crippen molar-refractivity contribution in [2.45, 2.75) is 0 Å². The maximum Gasteiger partial charge on any atom is 0.211 e. The molecule has 0 aliphatic rings. The number of hydrogen-bond donors (Lipinski definition) is 3. The molecule has 0 fully saturated rings. The summed E-state index contributed by atoms with van der Waals surface area (Å²) in [5.74, 6) is -0.553. The Morgan fingerprint density at radius 2 is 1.68 bits per heavy atom. The van der Waals surface area contributed by atoms with Crippen LogP contribution in [0.25, 0.3) is 21.5 Å². The zero-order valence-electron chi connectivity index (χ0n) is 9.92. The number of hydrogen-bond acceptors (Lipinski definition) is 3. The predicted molar refractivity (Wildman–Crippen MR) is 74.5 cm³/mol. The number of phenolic OH excluding ortho intramolecular Hbond substituents is 2. The van der Waals surface area contributed by atoms with Crippen molar-refractivity contribution in [2.24, 2.45) is 0 Å². The van der Waals surface area contributed by atoms with Gasteiger partial charge in [-0.25, -0.2) is 0 Å². The molecule has 0 bridgehead atoms. The van der Waals surface area contributed by atoms with Crippen molar-refractivity contribution in [2.75, 3.05) is 5.32 Å². The van der Waals surface area contributed by atoms with E-state index in [0.717, 1.165) is 16.2 Å². The summed E-state index contributed by atoms with van der Waals surface area (Å²) >= 11 is 0. The molecular weight excluding hydrogens is 242 g/mol. The molecule has 0 radical (unpaired) electrons. The van der Waals surface area contributed by atoms with Gasteiger partial charge >= 0.3 is 0 Å². The number of carbonyl (C=O) groups is 1. The monoisotopic (exact) mass is 253 g/mol. The van der Waals surface area contributed by atoms with Crippen LogP contribution in [0.15, 0.2) is 42.5 Å². The van der Waals surface area contributed by atoms with Crippen molar-refractivity contribution < 1.29 is 15.0 Å². The molecule has 0 aromatic heterocycles. The number of fused-ring (bicyclic) bond motifs is 3. The first-order chi connectivity index (χ1) is 9.22. The average Bonchev–Trinajstić information content (AvgIpc) is 2.44. The van der Waals surface area contributed by atoms with Gasteiger partial charge in [-0.2, -0.15) is 0 Å². The van der Waals surface area contributed by atoms with Crippen molar-refractivity contribution in [1.29, 1.82) is 0 Å². The summed E-state index contributed by atoms with van der Waals surface area (Å²) in [5.41, 5.74) is 0.191. The Labute approximate surface area is 108 Å². The van der Waals surface area contributed by atoms with Crippen LogP contribution in [0, 0.1) is 0 Å². The standard InChI is InChI=1S/C15H11NO3/c17-8-16-13-7-12-10-4-2-1-3-9(10)5-6-11(12)14(18)15(13)19/h1-8,18-19H,(H,16,17). The summed E-state index contributed by atoms with van der Waals surface area (Å²) in [5, 5.41) is 25.5. The molecule has 3 rings (SSSR count). The molecule has 0 atom stereocenters. The van der Waals surface area contributed by atoms with E-state index < -0.39 is 0 Å². The fourth-order valence-corrected chi connectivity index (χ4v) is 2.30. The van der Waals surface area contributed by atoms with E-state index in [2.05, 4.69) is 5.32 Å². The third-order valence-corrected chi connectivity index (χ3v) is 3.21. The van der Waals surface area contributed by atoms with E-state index in [0.29, 0.717) is 11.8 Å². The number of benzene rings is 3. The Bertz CT molecular complexity index is 796. The second-order valence-corrected chi connectivity index (χ2v) is 4.27. The van der Waals surface area contributed by atoms with Crippen molar-refractivity contribution in [3.05, 3.63) is 42.5 Å². The van der Waals surface area contributed by atoms with Crippen LogP contribution in [0.4, 0.5) is 5.69 Å². The third kappa shape index (κ3) is 1.65. The molecule has 0 spiro atoms. The number of carbonyl (C=O) groups excluding carboxylic acids is 1. The quantitative estimate of drug-likeness (QED) is 0.373. The lowest BCUT2D eigenvalue weighted by atomic mass is 10.0. The number of nitrogens with one attached hydrogen (secondary N) is 1.